The molecule has 1 aliphatic rings. The SMILES string of the molecule is CCNC(c1coc(C)c1)c1cc2c(cc1Br)OCCO2. The van der Waals surface area contributed by atoms with Crippen LogP contribution in [0.3, 0.4) is 0 Å². The predicted octanol–water partition coefficient (Wildman–Crippen LogP) is 3.82. The molecule has 2 aromatic rings. The summed E-state index contributed by atoms with van der Waals surface area (Å²) in [4.78, 5) is 0. The minimum atomic E-state index is 0.0534. The normalized spacial score (nSPS) is 15.0. The summed E-state index contributed by atoms with van der Waals surface area (Å²) in [6.45, 7) is 6.08. The van der Waals surface area contributed by atoms with Gasteiger partial charge in [-0.3, -0.25) is 0 Å². The number of nitrogens with one attached hydrogen (secondary N) is 1. The number of hydrogen-bond donors (Lipinski definition) is 1. The zero-order valence-electron chi connectivity index (χ0n) is 12.1. The Hall–Kier alpha value is -1.46. The molecule has 0 saturated carbocycles. The lowest BCUT2D eigenvalue weighted by atomic mass is 10.00. The summed E-state index contributed by atoms with van der Waals surface area (Å²) in [6.07, 6.45) is 1.80. The topological polar surface area (TPSA) is 43.6 Å². The van der Waals surface area contributed by atoms with Crippen molar-refractivity contribution in [1.29, 1.82) is 0 Å². The fourth-order valence-electron chi connectivity index (χ4n) is 2.53. The van der Waals surface area contributed by atoms with Crippen LogP contribution < -0.4 is 14.8 Å². The number of fused-ring (bicyclic) bond motifs is 1. The van der Waals surface area contributed by atoms with Gasteiger partial charge in [0.05, 0.1) is 12.3 Å². The molecule has 0 amide bonds. The number of halogens is 1. The summed E-state index contributed by atoms with van der Waals surface area (Å²) in [5.41, 5.74) is 2.22. The third kappa shape index (κ3) is 2.94. The maximum Gasteiger partial charge on any atom is 0.162 e. The Labute approximate surface area is 132 Å². The van der Waals surface area contributed by atoms with E-state index in [1.807, 2.05) is 19.1 Å². The maximum atomic E-state index is 5.69. The minimum absolute atomic E-state index is 0.0534. The zero-order chi connectivity index (χ0) is 14.8. The zero-order valence-corrected chi connectivity index (χ0v) is 13.7. The number of hydrogen-bond acceptors (Lipinski definition) is 4. The molecule has 5 heteroatoms. The molecular formula is C16H18BrNO3. The quantitative estimate of drug-likeness (QED) is 0.909. The Morgan fingerprint density at radius 2 is 1.90 bits per heavy atom. The molecule has 1 atom stereocenters. The Bertz CT molecular complexity index is 638. The van der Waals surface area contributed by atoms with Crippen LogP contribution in [0.25, 0.3) is 0 Å². The van der Waals surface area contributed by atoms with Crippen molar-refractivity contribution in [1.82, 2.24) is 5.32 Å². The first-order valence-electron chi connectivity index (χ1n) is 7.06. The van der Waals surface area contributed by atoms with E-state index in [0.717, 1.165) is 39.4 Å². The monoisotopic (exact) mass is 351 g/mol. The summed E-state index contributed by atoms with van der Waals surface area (Å²) < 4.78 is 17.8. The molecule has 112 valence electrons. The molecule has 1 unspecified atom stereocenters. The summed E-state index contributed by atoms with van der Waals surface area (Å²) in [5.74, 6) is 2.49. The first-order valence-corrected chi connectivity index (χ1v) is 7.85. The van der Waals surface area contributed by atoms with Gasteiger partial charge in [-0.2, -0.15) is 0 Å². The molecule has 1 aliphatic heterocycles. The van der Waals surface area contributed by atoms with E-state index in [4.69, 9.17) is 13.9 Å². The summed E-state index contributed by atoms with van der Waals surface area (Å²) in [5, 5.41) is 3.49. The predicted molar refractivity (Wildman–Crippen MR) is 84.1 cm³/mol. The van der Waals surface area contributed by atoms with E-state index in [-0.39, 0.29) is 6.04 Å². The lowest BCUT2D eigenvalue weighted by Crippen LogP contribution is -2.23. The van der Waals surface area contributed by atoms with Crippen LogP contribution >= 0.6 is 15.9 Å². The van der Waals surface area contributed by atoms with Gasteiger partial charge in [0.25, 0.3) is 0 Å². The van der Waals surface area contributed by atoms with Crippen molar-refractivity contribution in [3.05, 3.63) is 45.8 Å². The van der Waals surface area contributed by atoms with E-state index in [1.54, 1.807) is 6.26 Å². The van der Waals surface area contributed by atoms with E-state index in [0.29, 0.717) is 13.2 Å². The summed E-state index contributed by atoms with van der Waals surface area (Å²) in [6, 6.07) is 6.11. The lowest BCUT2D eigenvalue weighted by molar-refractivity contribution is 0.171. The van der Waals surface area contributed by atoms with E-state index in [1.165, 1.54) is 0 Å². The molecule has 0 fully saturated rings. The summed E-state index contributed by atoms with van der Waals surface area (Å²) in [7, 11) is 0. The first-order chi connectivity index (χ1) is 10.2. The van der Waals surface area contributed by atoms with Gasteiger partial charge in [0, 0.05) is 10.0 Å². The van der Waals surface area contributed by atoms with Crippen molar-refractivity contribution in [3.8, 4) is 11.5 Å². The van der Waals surface area contributed by atoms with Crippen molar-refractivity contribution >= 4 is 15.9 Å². The summed E-state index contributed by atoms with van der Waals surface area (Å²) >= 11 is 3.64. The molecule has 0 saturated heterocycles. The number of ether oxygens (including phenoxy) is 2. The molecule has 0 aliphatic carbocycles. The lowest BCUT2D eigenvalue weighted by Gasteiger charge is -2.23. The molecule has 2 heterocycles. The van der Waals surface area contributed by atoms with Crippen LogP contribution in [0, 0.1) is 6.92 Å². The number of benzene rings is 1. The van der Waals surface area contributed by atoms with Crippen LogP contribution in [-0.2, 0) is 0 Å². The number of rotatable bonds is 4. The highest BCUT2D eigenvalue weighted by Crippen LogP contribution is 2.39. The average Bonchev–Trinajstić information content (AvgIpc) is 2.91. The molecule has 1 aromatic carbocycles. The highest BCUT2D eigenvalue weighted by atomic mass is 79.9. The Morgan fingerprint density at radius 1 is 1.19 bits per heavy atom. The van der Waals surface area contributed by atoms with Gasteiger partial charge in [-0.15, -0.1) is 0 Å². The van der Waals surface area contributed by atoms with Gasteiger partial charge < -0.3 is 19.2 Å². The molecule has 4 nitrogen and oxygen atoms in total. The van der Waals surface area contributed by atoms with Crippen molar-refractivity contribution < 1.29 is 13.9 Å². The van der Waals surface area contributed by atoms with Gasteiger partial charge >= 0.3 is 0 Å². The smallest absolute Gasteiger partial charge is 0.162 e. The largest absolute Gasteiger partial charge is 0.486 e. The molecule has 1 aromatic heterocycles. The second kappa shape index (κ2) is 6.12. The highest BCUT2D eigenvalue weighted by Gasteiger charge is 2.22. The van der Waals surface area contributed by atoms with Gasteiger partial charge in [0.15, 0.2) is 11.5 Å². The highest BCUT2D eigenvalue weighted by molar-refractivity contribution is 9.10. The van der Waals surface area contributed by atoms with E-state index < -0.39 is 0 Å². The van der Waals surface area contributed by atoms with Crippen molar-refractivity contribution in [3.63, 3.8) is 0 Å². The molecule has 1 N–H and O–H groups in total. The van der Waals surface area contributed by atoms with Crippen LogP contribution in [-0.4, -0.2) is 19.8 Å². The number of aryl methyl sites for hydroxylation is 1. The Morgan fingerprint density at radius 3 is 2.52 bits per heavy atom. The first kappa shape index (κ1) is 14.5. The third-order valence-corrected chi connectivity index (χ3v) is 4.15. The Balaban J connectivity index is 2.02. The molecular weight excluding hydrogens is 334 g/mol. The van der Waals surface area contributed by atoms with Crippen LogP contribution in [0.15, 0.2) is 33.4 Å². The minimum Gasteiger partial charge on any atom is -0.486 e. The van der Waals surface area contributed by atoms with Crippen LogP contribution in [0.1, 0.15) is 29.9 Å². The van der Waals surface area contributed by atoms with Gasteiger partial charge in [0.1, 0.15) is 19.0 Å². The van der Waals surface area contributed by atoms with Crippen molar-refractivity contribution in [2.24, 2.45) is 0 Å². The third-order valence-electron chi connectivity index (χ3n) is 3.46. The van der Waals surface area contributed by atoms with E-state index in [9.17, 15) is 0 Å². The molecule has 0 bridgehead atoms. The molecule has 3 rings (SSSR count). The van der Waals surface area contributed by atoms with Gasteiger partial charge in [-0.1, -0.05) is 22.9 Å². The number of furan rings is 1. The van der Waals surface area contributed by atoms with Crippen LogP contribution in [0.4, 0.5) is 0 Å². The van der Waals surface area contributed by atoms with Gasteiger partial charge in [0.2, 0.25) is 0 Å². The van der Waals surface area contributed by atoms with Gasteiger partial charge in [-0.05, 0) is 37.2 Å². The van der Waals surface area contributed by atoms with Crippen LogP contribution in [0.2, 0.25) is 0 Å². The average molecular weight is 352 g/mol. The van der Waals surface area contributed by atoms with E-state index >= 15 is 0 Å². The fourth-order valence-corrected chi connectivity index (χ4v) is 3.08. The van der Waals surface area contributed by atoms with Crippen molar-refractivity contribution in [2.45, 2.75) is 19.9 Å². The maximum absolute atomic E-state index is 5.69. The molecule has 0 spiro atoms. The second-order valence-corrected chi connectivity index (χ2v) is 5.85. The van der Waals surface area contributed by atoms with Crippen LogP contribution in [0.5, 0.6) is 11.5 Å². The standard InChI is InChI=1S/C16H18BrNO3/c1-3-18-16(11-6-10(2)21-9-11)12-7-14-15(8-13(12)17)20-5-4-19-14/h6-9,16,18H,3-5H2,1-2H3. The van der Waals surface area contributed by atoms with Gasteiger partial charge in [-0.25, -0.2) is 0 Å². The fraction of sp³-hybridized carbons (Fsp3) is 0.375. The van der Waals surface area contributed by atoms with E-state index in [2.05, 4.69) is 34.2 Å². The second-order valence-electron chi connectivity index (χ2n) is 5.00. The van der Waals surface area contributed by atoms with Crippen molar-refractivity contribution in [2.75, 3.05) is 19.8 Å². The molecule has 21 heavy (non-hydrogen) atoms. The molecule has 0 radical (unpaired) electrons. The Kier molecular flexibility index (Phi) is 4.22.